The number of ether oxygens (including phenoxy) is 1. The lowest BCUT2D eigenvalue weighted by Gasteiger charge is -2.09. The molecule has 4 aromatic carbocycles. The van der Waals surface area contributed by atoms with Crippen molar-refractivity contribution in [1.29, 1.82) is 0 Å². The Morgan fingerprint density at radius 3 is 1.48 bits per heavy atom. The van der Waals surface area contributed by atoms with Gasteiger partial charge in [-0.25, -0.2) is 9.59 Å². The molecule has 56 heavy (non-hydrogen) atoms. The topological polar surface area (TPSA) is 99.2 Å². The summed E-state index contributed by atoms with van der Waals surface area (Å²) < 4.78 is 86.4. The molecule has 0 amide bonds. The molecule has 6 aromatic rings. The summed E-state index contributed by atoms with van der Waals surface area (Å²) in [5.74, 6) is -1.76. The average Bonchev–Trinajstić information content (AvgIpc) is 3.65. The third-order valence-corrected chi connectivity index (χ3v) is 9.11. The number of benzene rings is 4. The number of hydrogen-bond donors (Lipinski definition) is 1. The van der Waals surface area contributed by atoms with E-state index in [1.54, 1.807) is 37.3 Å². The van der Waals surface area contributed by atoms with Crippen molar-refractivity contribution in [2.45, 2.75) is 32.4 Å². The fraction of sp³-hybridized carbons (Fsp3) is 0.158. The van der Waals surface area contributed by atoms with Gasteiger partial charge in [0.15, 0.2) is 0 Å². The summed E-state index contributed by atoms with van der Waals surface area (Å²) in [6.45, 7) is 2.10. The molecule has 0 bridgehead atoms. The molecule has 0 saturated carbocycles. The van der Waals surface area contributed by atoms with Crippen molar-refractivity contribution < 1.29 is 45.8 Å². The van der Waals surface area contributed by atoms with Gasteiger partial charge >= 0.3 is 24.3 Å². The molecule has 0 atom stereocenters. The number of carboxylic acid groups (broad SMARTS) is 1. The molecular formula is C38H26Cl4F6N4O4. The van der Waals surface area contributed by atoms with Gasteiger partial charge in [-0.2, -0.15) is 36.5 Å². The Labute approximate surface area is 334 Å². The molecule has 6 rings (SSSR count). The lowest BCUT2D eigenvalue weighted by Crippen LogP contribution is -2.06. The highest BCUT2D eigenvalue weighted by atomic mass is 35.5. The molecule has 0 aliphatic rings. The van der Waals surface area contributed by atoms with Gasteiger partial charge in [-0.1, -0.05) is 58.5 Å². The molecule has 0 unspecified atom stereocenters. The number of carbonyl (C=O) groups is 2. The van der Waals surface area contributed by atoms with E-state index in [2.05, 4.69) is 10.2 Å². The maximum absolute atomic E-state index is 13.2. The first-order valence-electron chi connectivity index (χ1n) is 16.1. The number of nitrogens with zero attached hydrogens (tertiary/aromatic N) is 4. The van der Waals surface area contributed by atoms with Gasteiger partial charge in [0.2, 0.25) is 0 Å². The number of carboxylic acids is 1. The van der Waals surface area contributed by atoms with Crippen molar-refractivity contribution in [3.63, 3.8) is 0 Å². The van der Waals surface area contributed by atoms with Gasteiger partial charge < -0.3 is 9.84 Å². The number of esters is 1. The largest absolute Gasteiger partial charge is 0.478 e. The quantitative estimate of drug-likeness (QED) is 0.0883. The monoisotopic (exact) mass is 856 g/mol. The van der Waals surface area contributed by atoms with Crippen LogP contribution in [0.4, 0.5) is 26.3 Å². The van der Waals surface area contributed by atoms with Gasteiger partial charge in [0, 0.05) is 43.0 Å². The van der Waals surface area contributed by atoms with Crippen LogP contribution in [-0.2, 0) is 39.8 Å². The summed E-state index contributed by atoms with van der Waals surface area (Å²) in [7, 11) is 0. The number of rotatable bonds is 9. The molecule has 8 nitrogen and oxygen atoms in total. The predicted molar refractivity (Wildman–Crippen MR) is 203 cm³/mol. The van der Waals surface area contributed by atoms with E-state index in [4.69, 9.17) is 56.2 Å². The van der Waals surface area contributed by atoms with Crippen molar-refractivity contribution in [2.24, 2.45) is 0 Å². The molecule has 0 spiro atoms. The molecule has 18 heteroatoms. The van der Waals surface area contributed by atoms with E-state index >= 15 is 0 Å². The van der Waals surface area contributed by atoms with Crippen LogP contribution in [0.25, 0.3) is 34.0 Å². The average molecular weight is 858 g/mol. The third kappa shape index (κ3) is 10.4. The Morgan fingerprint density at radius 1 is 0.679 bits per heavy atom. The number of fused-ring (bicyclic) bond motifs is 2. The first-order chi connectivity index (χ1) is 26.3. The Kier molecular flexibility index (Phi) is 13.1. The Bertz CT molecular complexity index is 2490. The van der Waals surface area contributed by atoms with E-state index in [1.807, 2.05) is 0 Å². The fourth-order valence-corrected chi connectivity index (χ4v) is 6.29. The zero-order valence-electron chi connectivity index (χ0n) is 28.6. The molecule has 1 N–H and O–H groups in total. The molecule has 0 aliphatic carbocycles. The van der Waals surface area contributed by atoms with Crippen LogP contribution < -0.4 is 0 Å². The van der Waals surface area contributed by atoms with E-state index in [0.29, 0.717) is 47.7 Å². The molecule has 2 heterocycles. The van der Waals surface area contributed by atoms with E-state index in [1.165, 1.54) is 45.8 Å². The van der Waals surface area contributed by atoms with E-state index < -0.39 is 35.4 Å². The number of halogens is 10. The maximum atomic E-state index is 13.2. The van der Waals surface area contributed by atoms with Gasteiger partial charge in [-0.15, -0.1) is 0 Å². The zero-order chi connectivity index (χ0) is 40.9. The minimum atomic E-state index is -4.52. The molecule has 0 saturated heterocycles. The summed E-state index contributed by atoms with van der Waals surface area (Å²) in [6, 6.07) is 16.2. The zero-order valence-corrected chi connectivity index (χ0v) is 31.6. The van der Waals surface area contributed by atoms with Crippen molar-refractivity contribution in [3.05, 3.63) is 139 Å². The van der Waals surface area contributed by atoms with Crippen molar-refractivity contribution in [3.8, 4) is 0 Å². The number of hydrogen-bond acceptors (Lipinski definition) is 5. The van der Waals surface area contributed by atoms with Crippen molar-refractivity contribution >= 4 is 92.3 Å². The molecule has 0 aliphatic heterocycles. The summed E-state index contributed by atoms with van der Waals surface area (Å²) in [6.07, 6.45) is -4.31. The van der Waals surface area contributed by atoms with E-state index in [-0.39, 0.29) is 36.4 Å². The fourth-order valence-electron chi connectivity index (χ4n) is 5.35. The van der Waals surface area contributed by atoms with Crippen LogP contribution in [0.15, 0.2) is 84.9 Å². The van der Waals surface area contributed by atoms with Gasteiger partial charge in [0.05, 0.1) is 53.2 Å². The lowest BCUT2D eigenvalue weighted by atomic mass is 10.1. The third-order valence-electron chi connectivity index (χ3n) is 7.93. The standard InChI is InChI=1S/C20H15Cl2F3N2O2.C18H11Cl2F3N2O2/c1-2-29-19(28)8-7-17-15-6-4-13(20(23,24)25)9-18(15)27(26-17)11-12-3-5-14(21)10-16(12)22;19-12-3-1-10(14(20)8-12)9-25-16-7-11(18(21,22)23)2-4-13(16)15(24-25)5-6-17(26)27/h3-10H,2,11H2,1H3;1-8H,9H2,(H,26,27)/b;6-5+. The lowest BCUT2D eigenvalue weighted by molar-refractivity contribution is -0.138. The second kappa shape index (κ2) is 17.4. The Balaban J connectivity index is 0.000000215. The summed E-state index contributed by atoms with van der Waals surface area (Å²) >= 11 is 24.1. The first kappa shape index (κ1) is 42.1. The molecule has 2 aromatic heterocycles. The number of alkyl halides is 6. The highest BCUT2D eigenvalue weighted by Gasteiger charge is 2.32. The van der Waals surface area contributed by atoms with Crippen LogP contribution in [0.1, 0.15) is 40.6 Å². The number of aromatic nitrogens is 4. The van der Waals surface area contributed by atoms with Gasteiger partial charge in [-0.3, -0.25) is 9.36 Å². The predicted octanol–water partition coefficient (Wildman–Crippen LogP) is 11.5. The highest BCUT2D eigenvalue weighted by Crippen LogP contribution is 2.35. The molecule has 292 valence electrons. The van der Waals surface area contributed by atoms with Crippen LogP contribution in [-0.4, -0.2) is 43.2 Å². The number of carbonyl (C=O) groups excluding carboxylic acids is 1. The number of aliphatic carboxylic acids is 1. The minimum absolute atomic E-state index is 0.0920. The molecular weight excluding hydrogens is 832 g/mol. The smallest absolute Gasteiger partial charge is 0.416 e. The second-order valence-corrected chi connectivity index (χ2v) is 13.5. The van der Waals surface area contributed by atoms with Crippen LogP contribution in [0.2, 0.25) is 20.1 Å². The van der Waals surface area contributed by atoms with E-state index in [9.17, 15) is 35.9 Å². The summed E-state index contributed by atoms with van der Waals surface area (Å²) in [5.41, 5.74) is 0.671. The van der Waals surface area contributed by atoms with Gasteiger partial charge in [0.25, 0.3) is 0 Å². The second-order valence-electron chi connectivity index (χ2n) is 11.8. The van der Waals surface area contributed by atoms with Crippen molar-refractivity contribution in [2.75, 3.05) is 6.61 Å². The van der Waals surface area contributed by atoms with Crippen LogP contribution in [0.3, 0.4) is 0 Å². The molecule has 0 radical (unpaired) electrons. The maximum Gasteiger partial charge on any atom is 0.416 e. The minimum Gasteiger partial charge on any atom is -0.478 e. The summed E-state index contributed by atoms with van der Waals surface area (Å²) in [5, 5.41) is 19.9. The highest BCUT2D eigenvalue weighted by molar-refractivity contribution is 6.35. The van der Waals surface area contributed by atoms with Crippen LogP contribution in [0.5, 0.6) is 0 Å². The molecule has 0 fully saturated rings. The van der Waals surface area contributed by atoms with Crippen LogP contribution in [0, 0.1) is 0 Å². The normalized spacial score (nSPS) is 12.1. The SMILES string of the molecule is CCOC(=O)C=Cc1nn(Cc2ccc(Cl)cc2Cl)c2cc(C(F)(F)F)ccc12.O=C(O)/C=C/c1nn(Cc2ccc(Cl)cc2Cl)c2cc(C(F)(F)F)ccc12. The van der Waals surface area contributed by atoms with Gasteiger partial charge in [0.1, 0.15) is 0 Å². The van der Waals surface area contributed by atoms with Gasteiger partial charge in [-0.05, 0) is 90.9 Å². The Morgan fingerprint density at radius 2 is 1.11 bits per heavy atom. The summed E-state index contributed by atoms with van der Waals surface area (Å²) in [4.78, 5) is 22.4. The van der Waals surface area contributed by atoms with Crippen molar-refractivity contribution in [1.82, 2.24) is 19.6 Å². The van der Waals surface area contributed by atoms with Crippen LogP contribution >= 0.6 is 46.4 Å². The van der Waals surface area contributed by atoms with E-state index in [0.717, 1.165) is 30.3 Å². The first-order valence-corrected chi connectivity index (χ1v) is 17.6. The Hall–Kier alpha value is -5.02.